The number of benzene rings is 1. The van der Waals surface area contributed by atoms with Crippen molar-refractivity contribution >= 4 is 5.91 Å². The summed E-state index contributed by atoms with van der Waals surface area (Å²) in [5.41, 5.74) is 2.48. The van der Waals surface area contributed by atoms with Crippen LogP contribution in [0.4, 0.5) is 0 Å². The van der Waals surface area contributed by atoms with Gasteiger partial charge in [-0.25, -0.2) is 0 Å². The Labute approximate surface area is 181 Å². The molecule has 3 bridgehead atoms. The molecule has 30 heavy (non-hydrogen) atoms. The highest BCUT2D eigenvalue weighted by atomic mass is 16.2. The minimum absolute atomic E-state index is 0.117. The lowest BCUT2D eigenvalue weighted by atomic mass is 9.38. The number of fused-ring (bicyclic) bond motifs is 3. The van der Waals surface area contributed by atoms with Crippen LogP contribution >= 0.6 is 0 Å². The quantitative estimate of drug-likeness (QED) is 0.795. The van der Waals surface area contributed by atoms with Crippen LogP contribution < -0.4 is 5.32 Å². The molecule has 0 radical (unpaired) electrons. The first-order valence-corrected chi connectivity index (χ1v) is 12.6. The van der Waals surface area contributed by atoms with Crippen LogP contribution in [0.3, 0.4) is 0 Å². The monoisotopic (exact) mass is 404 g/mol. The summed E-state index contributed by atoms with van der Waals surface area (Å²) in [6.07, 6.45) is 12.4. The maximum atomic E-state index is 14.1. The third-order valence-electron chi connectivity index (χ3n) is 11.1. The van der Waals surface area contributed by atoms with Crippen LogP contribution in [0.2, 0.25) is 0 Å². The lowest BCUT2D eigenvalue weighted by molar-refractivity contribution is -0.135. The number of hydrogen-bond acceptors (Lipinski definition) is 2. The van der Waals surface area contributed by atoms with Gasteiger partial charge >= 0.3 is 0 Å². The van der Waals surface area contributed by atoms with Crippen molar-refractivity contribution in [1.29, 1.82) is 0 Å². The molecule has 3 nitrogen and oxygen atoms in total. The molecular weight excluding hydrogens is 368 g/mol. The first-order chi connectivity index (χ1) is 14.5. The number of rotatable bonds is 3. The van der Waals surface area contributed by atoms with E-state index in [4.69, 9.17) is 0 Å². The highest BCUT2D eigenvalue weighted by Gasteiger charge is 2.83. The Morgan fingerprint density at radius 1 is 1.00 bits per heavy atom. The Morgan fingerprint density at radius 2 is 1.80 bits per heavy atom. The van der Waals surface area contributed by atoms with Crippen molar-refractivity contribution in [1.82, 2.24) is 10.2 Å². The Balaban J connectivity index is 1.24. The van der Waals surface area contributed by atoms with E-state index in [0.717, 1.165) is 25.2 Å². The fourth-order valence-corrected chi connectivity index (χ4v) is 10.4. The van der Waals surface area contributed by atoms with Crippen LogP contribution in [0.15, 0.2) is 30.3 Å². The van der Waals surface area contributed by atoms with Crippen LogP contribution in [-0.4, -0.2) is 36.0 Å². The molecule has 3 heteroatoms. The Kier molecular flexibility index (Phi) is 3.47. The second-order valence-electron chi connectivity index (χ2n) is 12.3. The Hall–Kier alpha value is -1.35. The standard InChI is InChI=1S/C27H36N2O/c1-24-13-19-14-25(23(30)28-21-9-5-11-29-12-6-10-22(21)29)17-26(16-24,27(24,15-19)18-25)20-7-3-2-4-8-20/h2-4,7-8,19,21-22H,5-6,9-18H2,1H3,(H,28,30)/t19?,21-,22-,24?,25?,26?,27?/m1/s1. The van der Waals surface area contributed by atoms with Gasteiger partial charge in [-0.05, 0) is 99.6 Å². The predicted octanol–water partition coefficient (Wildman–Crippen LogP) is 4.66. The zero-order chi connectivity index (χ0) is 20.2. The highest BCUT2D eigenvalue weighted by molar-refractivity contribution is 5.85. The van der Waals surface area contributed by atoms with E-state index >= 15 is 0 Å². The molecule has 0 aromatic heterocycles. The molecule has 6 aliphatic rings. The molecule has 160 valence electrons. The number of nitrogens with one attached hydrogen (secondary N) is 1. The summed E-state index contributed by atoms with van der Waals surface area (Å²) in [5.74, 6) is 1.19. The number of carbonyl (C=O) groups is 1. The van der Waals surface area contributed by atoms with Gasteiger partial charge < -0.3 is 5.32 Å². The Bertz CT molecular complexity index is 899. The van der Waals surface area contributed by atoms with E-state index in [2.05, 4.69) is 47.5 Å². The van der Waals surface area contributed by atoms with Crippen molar-refractivity contribution in [3.05, 3.63) is 35.9 Å². The molecule has 1 aromatic rings. The van der Waals surface area contributed by atoms with Crippen LogP contribution in [0.25, 0.3) is 0 Å². The predicted molar refractivity (Wildman–Crippen MR) is 118 cm³/mol. The second-order valence-corrected chi connectivity index (χ2v) is 12.3. The lowest BCUT2D eigenvalue weighted by Gasteiger charge is -2.66. The van der Waals surface area contributed by atoms with Gasteiger partial charge in [0, 0.05) is 17.5 Å². The first-order valence-electron chi connectivity index (χ1n) is 12.6. The SMILES string of the molecule is CC12CC3CC4(C(=O)N[C@@H]5CCCN6CCC[C@H]56)CC(c5ccccc5)(C1)C2(C3)C4. The van der Waals surface area contributed by atoms with Crippen molar-refractivity contribution in [3.63, 3.8) is 0 Å². The normalized spacial score (nSPS) is 50.8. The number of amides is 1. The second kappa shape index (κ2) is 5.71. The van der Waals surface area contributed by atoms with Gasteiger partial charge in [0.15, 0.2) is 0 Å². The molecule has 2 heterocycles. The number of nitrogens with zero attached hydrogens (tertiary/aromatic N) is 1. The molecule has 4 saturated carbocycles. The minimum Gasteiger partial charge on any atom is -0.351 e. The maximum absolute atomic E-state index is 14.1. The van der Waals surface area contributed by atoms with Gasteiger partial charge in [-0.2, -0.15) is 0 Å². The van der Waals surface area contributed by atoms with E-state index in [0.29, 0.717) is 28.8 Å². The van der Waals surface area contributed by atoms with Gasteiger partial charge in [-0.15, -0.1) is 0 Å². The molecule has 7 rings (SSSR count). The number of hydrogen-bond donors (Lipinski definition) is 1. The van der Waals surface area contributed by atoms with Crippen molar-refractivity contribution in [2.75, 3.05) is 13.1 Å². The van der Waals surface area contributed by atoms with Gasteiger partial charge in [0.05, 0.1) is 5.41 Å². The zero-order valence-electron chi connectivity index (χ0n) is 18.5. The van der Waals surface area contributed by atoms with Crippen molar-refractivity contribution in [2.45, 2.75) is 88.6 Å². The molecule has 4 aliphatic carbocycles. The van der Waals surface area contributed by atoms with E-state index in [1.165, 1.54) is 63.6 Å². The van der Waals surface area contributed by atoms with Gasteiger partial charge in [0.1, 0.15) is 0 Å². The third kappa shape index (κ3) is 2.00. The van der Waals surface area contributed by atoms with Crippen LogP contribution in [0, 0.1) is 22.2 Å². The smallest absolute Gasteiger partial charge is 0.226 e. The van der Waals surface area contributed by atoms with E-state index in [9.17, 15) is 4.79 Å². The molecule has 2 aliphatic heterocycles. The summed E-state index contributed by atoms with van der Waals surface area (Å²) < 4.78 is 0. The van der Waals surface area contributed by atoms with Crippen LogP contribution in [-0.2, 0) is 10.2 Å². The summed E-state index contributed by atoms with van der Waals surface area (Å²) in [5, 5.41) is 3.68. The van der Waals surface area contributed by atoms with E-state index in [1.54, 1.807) is 0 Å². The number of piperidine rings is 1. The lowest BCUT2D eigenvalue weighted by Crippen LogP contribution is -2.61. The molecule has 7 atom stereocenters. The summed E-state index contributed by atoms with van der Waals surface area (Å²) >= 11 is 0. The molecule has 1 spiro atoms. The van der Waals surface area contributed by atoms with E-state index in [-0.39, 0.29) is 10.8 Å². The fourth-order valence-electron chi connectivity index (χ4n) is 10.4. The molecule has 6 fully saturated rings. The average Bonchev–Trinajstić information content (AvgIpc) is 3.33. The topological polar surface area (TPSA) is 32.3 Å². The first kappa shape index (κ1) is 18.2. The molecule has 1 aromatic carbocycles. The van der Waals surface area contributed by atoms with Crippen molar-refractivity contribution < 1.29 is 4.79 Å². The molecule has 1 amide bonds. The highest BCUT2D eigenvalue weighted by Crippen LogP contribution is 2.88. The molecule has 1 N–H and O–H groups in total. The van der Waals surface area contributed by atoms with Crippen LogP contribution in [0.5, 0.6) is 0 Å². The van der Waals surface area contributed by atoms with E-state index < -0.39 is 0 Å². The maximum Gasteiger partial charge on any atom is 0.226 e. The summed E-state index contributed by atoms with van der Waals surface area (Å²) in [6, 6.07) is 12.3. The zero-order valence-corrected chi connectivity index (χ0v) is 18.5. The summed E-state index contributed by atoms with van der Waals surface area (Å²) in [6.45, 7) is 5.04. The van der Waals surface area contributed by atoms with Gasteiger partial charge in [-0.1, -0.05) is 37.3 Å². The largest absolute Gasteiger partial charge is 0.351 e. The van der Waals surface area contributed by atoms with Crippen molar-refractivity contribution in [2.24, 2.45) is 22.2 Å². The number of carbonyl (C=O) groups excluding carboxylic acids is 1. The van der Waals surface area contributed by atoms with Crippen molar-refractivity contribution in [3.8, 4) is 0 Å². The Morgan fingerprint density at radius 3 is 2.63 bits per heavy atom. The average molecular weight is 405 g/mol. The van der Waals surface area contributed by atoms with Crippen LogP contribution in [0.1, 0.15) is 76.7 Å². The third-order valence-corrected chi connectivity index (χ3v) is 11.1. The van der Waals surface area contributed by atoms with Gasteiger partial charge in [0.2, 0.25) is 5.91 Å². The fraction of sp³-hybridized carbons (Fsp3) is 0.741. The minimum atomic E-state index is -0.117. The summed E-state index contributed by atoms with van der Waals surface area (Å²) in [4.78, 5) is 16.7. The van der Waals surface area contributed by atoms with Gasteiger partial charge in [-0.3, -0.25) is 9.69 Å². The molecular formula is C27H36N2O. The van der Waals surface area contributed by atoms with Gasteiger partial charge in [0.25, 0.3) is 0 Å². The molecule has 5 unspecified atom stereocenters. The summed E-state index contributed by atoms with van der Waals surface area (Å²) in [7, 11) is 0. The van der Waals surface area contributed by atoms with E-state index in [1.807, 2.05) is 0 Å². The molecule has 2 saturated heterocycles.